The number of hydrogen-bond acceptors (Lipinski definition) is 3. The van der Waals surface area contributed by atoms with Gasteiger partial charge in [-0.15, -0.1) is 0 Å². The molecule has 0 spiro atoms. The van der Waals surface area contributed by atoms with Gasteiger partial charge in [0, 0.05) is 0 Å². The van der Waals surface area contributed by atoms with Gasteiger partial charge in [0.05, 0.1) is 0 Å². The second-order valence-corrected chi connectivity index (χ2v) is 2.77. The highest BCUT2D eigenvalue weighted by atomic mass is 16.5. The van der Waals surface area contributed by atoms with E-state index in [1.807, 2.05) is 6.92 Å². The predicted molar refractivity (Wildman–Crippen MR) is 39.0 cm³/mol. The van der Waals surface area contributed by atoms with Crippen LogP contribution >= 0.6 is 0 Å². The Bertz CT molecular complexity index is 158. The molecule has 1 aliphatic rings. The van der Waals surface area contributed by atoms with Gasteiger partial charge < -0.3 is 4.74 Å². The van der Waals surface area contributed by atoms with Crippen molar-refractivity contribution in [3.8, 4) is 0 Å². The molecular formula is C8H12O3. The molecule has 1 atom stereocenters. The first kappa shape index (κ1) is 8.24. The molecule has 0 bridgehead atoms. The summed E-state index contributed by atoms with van der Waals surface area (Å²) in [6.45, 7) is 2.03. The van der Waals surface area contributed by atoms with E-state index in [0.29, 0.717) is 6.42 Å². The van der Waals surface area contributed by atoms with Gasteiger partial charge in [-0.25, -0.2) is 0 Å². The molecule has 3 heteroatoms. The van der Waals surface area contributed by atoms with Gasteiger partial charge in [-0.05, 0) is 6.42 Å². The Labute approximate surface area is 65.7 Å². The third kappa shape index (κ3) is 1.79. The molecule has 0 amide bonds. The van der Waals surface area contributed by atoms with Crippen LogP contribution in [0, 0.1) is 5.92 Å². The standard InChI is InChI=1S/C8H12O3/c1-2-3-4-6-7(9)5-11-8(6)10/h6H,2-5H2,1H3. The Kier molecular flexibility index (Phi) is 2.63. The van der Waals surface area contributed by atoms with Crippen molar-refractivity contribution in [1.82, 2.24) is 0 Å². The zero-order chi connectivity index (χ0) is 8.27. The molecule has 1 fully saturated rings. The molecule has 0 aromatic rings. The fourth-order valence-electron chi connectivity index (χ4n) is 1.16. The Hall–Kier alpha value is -0.860. The molecule has 1 saturated heterocycles. The van der Waals surface area contributed by atoms with Gasteiger partial charge in [0.25, 0.3) is 0 Å². The van der Waals surface area contributed by atoms with Crippen LogP contribution in [0.15, 0.2) is 0 Å². The summed E-state index contributed by atoms with van der Waals surface area (Å²) in [6.07, 6.45) is 2.59. The molecule has 11 heavy (non-hydrogen) atoms. The first-order valence-electron chi connectivity index (χ1n) is 3.95. The molecule has 0 aliphatic carbocycles. The van der Waals surface area contributed by atoms with Crippen molar-refractivity contribution in [2.45, 2.75) is 26.2 Å². The molecule has 1 rings (SSSR count). The third-order valence-electron chi connectivity index (χ3n) is 1.88. The maximum absolute atomic E-state index is 10.9. The lowest BCUT2D eigenvalue weighted by molar-refractivity contribution is -0.141. The van der Waals surface area contributed by atoms with Crippen molar-refractivity contribution in [3.05, 3.63) is 0 Å². The van der Waals surface area contributed by atoms with E-state index in [9.17, 15) is 9.59 Å². The van der Waals surface area contributed by atoms with Crippen LogP contribution in [0.25, 0.3) is 0 Å². The van der Waals surface area contributed by atoms with Crippen molar-refractivity contribution in [1.29, 1.82) is 0 Å². The second kappa shape index (κ2) is 3.51. The van der Waals surface area contributed by atoms with E-state index in [4.69, 9.17) is 0 Å². The van der Waals surface area contributed by atoms with Crippen molar-refractivity contribution in [3.63, 3.8) is 0 Å². The van der Waals surface area contributed by atoms with Gasteiger partial charge in [0.1, 0.15) is 5.92 Å². The van der Waals surface area contributed by atoms with E-state index in [1.165, 1.54) is 0 Å². The number of esters is 1. The Morgan fingerprint density at radius 3 is 2.73 bits per heavy atom. The highest BCUT2D eigenvalue weighted by molar-refractivity contribution is 6.04. The average molecular weight is 156 g/mol. The van der Waals surface area contributed by atoms with Crippen LogP contribution in [0.2, 0.25) is 0 Å². The van der Waals surface area contributed by atoms with Crippen molar-refractivity contribution >= 4 is 11.8 Å². The van der Waals surface area contributed by atoms with E-state index in [2.05, 4.69) is 4.74 Å². The lowest BCUT2D eigenvalue weighted by atomic mass is 10.0. The summed E-state index contributed by atoms with van der Waals surface area (Å²) in [5.41, 5.74) is 0. The maximum atomic E-state index is 10.9. The minimum atomic E-state index is -0.449. The second-order valence-electron chi connectivity index (χ2n) is 2.77. The molecule has 0 saturated carbocycles. The van der Waals surface area contributed by atoms with Gasteiger partial charge in [-0.1, -0.05) is 19.8 Å². The molecule has 3 nitrogen and oxygen atoms in total. The minimum Gasteiger partial charge on any atom is -0.457 e. The van der Waals surface area contributed by atoms with E-state index in [0.717, 1.165) is 12.8 Å². The number of cyclic esters (lactones) is 1. The predicted octanol–water partition coefficient (Wildman–Crippen LogP) is 0.919. The number of carbonyl (C=O) groups is 2. The molecule has 0 aromatic carbocycles. The Balaban J connectivity index is 2.41. The normalized spacial score (nSPS) is 23.9. The number of ketones is 1. The fraction of sp³-hybridized carbons (Fsp3) is 0.750. The van der Waals surface area contributed by atoms with E-state index in [-0.39, 0.29) is 18.4 Å². The van der Waals surface area contributed by atoms with E-state index < -0.39 is 5.92 Å². The molecule has 0 N–H and O–H groups in total. The van der Waals surface area contributed by atoms with Crippen molar-refractivity contribution in [2.24, 2.45) is 5.92 Å². The zero-order valence-electron chi connectivity index (χ0n) is 6.63. The summed E-state index contributed by atoms with van der Waals surface area (Å²) in [5, 5.41) is 0. The first-order chi connectivity index (χ1) is 5.25. The van der Waals surface area contributed by atoms with Crippen LogP contribution in [0.1, 0.15) is 26.2 Å². The zero-order valence-corrected chi connectivity index (χ0v) is 6.63. The summed E-state index contributed by atoms with van der Waals surface area (Å²) < 4.78 is 4.59. The lowest BCUT2D eigenvalue weighted by Crippen LogP contribution is -2.14. The molecular weight excluding hydrogens is 144 g/mol. The summed E-state index contributed by atoms with van der Waals surface area (Å²) in [7, 11) is 0. The number of Topliss-reactive ketones (excluding diaryl/α,β-unsaturated/α-hetero) is 1. The largest absolute Gasteiger partial charge is 0.457 e. The fourth-order valence-corrected chi connectivity index (χ4v) is 1.16. The number of unbranched alkanes of at least 4 members (excludes halogenated alkanes) is 1. The van der Waals surface area contributed by atoms with Crippen LogP contribution in [0.3, 0.4) is 0 Å². The average Bonchev–Trinajstić information content (AvgIpc) is 2.29. The van der Waals surface area contributed by atoms with Gasteiger partial charge >= 0.3 is 5.97 Å². The Morgan fingerprint density at radius 2 is 2.27 bits per heavy atom. The van der Waals surface area contributed by atoms with Crippen LogP contribution in [-0.4, -0.2) is 18.4 Å². The van der Waals surface area contributed by atoms with Gasteiger partial charge in [0.15, 0.2) is 12.4 Å². The van der Waals surface area contributed by atoms with Gasteiger partial charge in [-0.2, -0.15) is 0 Å². The molecule has 1 heterocycles. The summed E-state index contributed by atoms with van der Waals surface area (Å²) in [4.78, 5) is 21.8. The molecule has 1 aliphatic heterocycles. The number of hydrogen-bond donors (Lipinski definition) is 0. The summed E-state index contributed by atoms with van der Waals surface area (Å²) in [5.74, 6) is -0.832. The number of ether oxygens (including phenoxy) is 1. The molecule has 0 aromatic heterocycles. The van der Waals surface area contributed by atoms with Crippen LogP contribution < -0.4 is 0 Å². The third-order valence-corrected chi connectivity index (χ3v) is 1.88. The van der Waals surface area contributed by atoms with Gasteiger partial charge in [0.2, 0.25) is 0 Å². The topological polar surface area (TPSA) is 43.4 Å². The summed E-state index contributed by atoms with van der Waals surface area (Å²) in [6, 6.07) is 0. The van der Waals surface area contributed by atoms with Crippen molar-refractivity contribution in [2.75, 3.05) is 6.61 Å². The number of rotatable bonds is 3. The SMILES string of the molecule is CCCCC1C(=O)COC1=O. The first-order valence-corrected chi connectivity index (χ1v) is 3.95. The Morgan fingerprint density at radius 1 is 1.55 bits per heavy atom. The smallest absolute Gasteiger partial charge is 0.317 e. The number of carbonyl (C=O) groups excluding carboxylic acids is 2. The quantitative estimate of drug-likeness (QED) is 0.450. The highest BCUT2D eigenvalue weighted by Crippen LogP contribution is 2.17. The van der Waals surface area contributed by atoms with Crippen molar-refractivity contribution < 1.29 is 14.3 Å². The van der Waals surface area contributed by atoms with Gasteiger partial charge in [-0.3, -0.25) is 9.59 Å². The van der Waals surface area contributed by atoms with Crippen LogP contribution in [0.5, 0.6) is 0 Å². The van der Waals surface area contributed by atoms with Crippen LogP contribution in [0.4, 0.5) is 0 Å². The monoisotopic (exact) mass is 156 g/mol. The molecule has 62 valence electrons. The highest BCUT2D eigenvalue weighted by Gasteiger charge is 2.33. The maximum Gasteiger partial charge on any atom is 0.317 e. The summed E-state index contributed by atoms with van der Waals surface area (Å²) >= 11 is 0. The lowest BCUT2D eigenvalue weighted by Gasteiger charge is -2.00. The minimum absolute atomic E-state index is 0.00673. The molecule has 1 unspecified atom stereocenters. The van der Waals surface area contributed by atoms with E-state index >= 15 is 0 Å². The molecule has 0 radical (unpaired) electrons. The van der Waals surface area contributed by atoms with E-state index in [1.54, 1.807) is 0 Å². The van der Waals surface area contributed by atoms with Crippen LogP contribution in [-0.2, 0) is 14.3 Å².